The Labute approximate surface area is 155 Å². The molecular weight excluding hydrogens is 347 g/mol. The van der Waals surface area contributed by atoms with Crippen molar-refractivity contribution < 1.29 is 4.79 Å². The molecule has 1 fully saturated rings. The first kappa shape index (κ1) is 20.7. The van der Waals surface area contributed by atoms with Gasteiger partial charge in [0.25, 0.3) is 0 Å². The Hall–Kier alpha value is -1.30. The molecule has 3 rings (SSSR count). The van der Waals surface area contributed by atoms with E-state index in [1.807, 2.05) is 42.4 Å². The Morgan fingerprint density at radius 2 is 2.08 bits per heavy atom. The Morgan fingerprint density at radius 3 is 2.83 bits per heavy atom. The van der Waals surface area contributed by atoms with Gasteiger partial charge in [-0.3, -0.25) is 4.79 Å². The van der Waals surface area contributed by atoms with Crippen molar-refractivity contribution in [2.45, 2.75) is 51.2 Å². The fourth-order valence-electron chi connectivity index (χ4n) is 3.36. The van der Waals surface area contributed by atoms with E-state index in [1.165, 1.54) is 6.42 Å². The van der Waals surface area contributed by atoms with Crippen LogP contribution in [0.15, 0.2) is 30.6 Å². The van der Waals surface area contributed by atoms with Crippen molar-refractivity contribution in [1.82, 2.24) is 14.5 Å². The summed E-state index contributed by atoms with van der Waals surface area (Å²) in [5.41, 5.74) is 8.11. The zero-order chi connectivity index (χ0) is 15.5. The predicted molar refractivity (Wildman–Crippen MR) is 102 cm³/mol. The number of carbonyl (C=O) groups excluding carboxylic acids is 1. The van der Waals surface area contributed by atoms with Crippen LogP contribution in [0.4, 0.5) is 0 Å². The van der Waals surface area contributed by atoms with Crippen LogP contribution in [-0.4, -0.2) is 39.0 Å². The number of hydrogen-bond acceptors (Lipinski definition) is 3. The molecule has 5 nitrogen and oxygen atoms in total. The minimum atomic E-state index is 0. The van der Waals surface area contributed by atoms with Crippen LogP contribution in [-0.2, 0) is 11.3 Å². The van der Waals surface area contributed by atoms with Crippen LogP contribution < -0.4 is 5.73 Å². The molecule has 1 aromatic heterocycles. The largest absolute Gasteiger partial charge is 0.338 e. The molecule has 2 N–H and O–H groups in total. The number of fused-ring (bicyclic) bond motifs is 1. The van der Waals surface area contributed by atoms with Gasteiger partial charge >= 0.3 is 0 Å². The van der Waals surface area contributed by atoms with Crippen molar-refractivity contribution in [2.24, 2.45) is 5.73 Å². The number of nitrogens with zero attached hydrogens (tertiary/aromatic N) is 3. The third-order valence-electron chi connectivity index (χ3n) is 4.57. The molecule has 24 heavy (non-hydrogen) atoms. The molecule has 0 bridgehead atoms. The molecule has 1 saturated heterocycles. The summed E-state index contributed by atoms with van der Waals surface area (Å²) < 4.78 is 2.05. The lowest BCUT2D eigenvalue weighted by molar-refractivity contribution is -0.135. The van der Waals surface area contributed by atoms with Crippen molar-refractivity contribution in [3.63, 3.8) is 0 Å². The molecule has 0 aliphatic carbocycles. The number of likely N-dealkylation sites (tertiary alicyclic amines) is 1. The highest BCUT2D eigenvalue weighted by atomic mass is 35.5. The average Bonchev–Trinajstić information content (AvgIpc) is 2.96. The zero-order valence-electron chi connectivity index (χ0n) is 13.9. The molecule has 1 amide bonds. The molecule has 2 atom stereocenters. The quantitative estimate of drug-likeness (QED) is 0.896. The van der Waals surface area contributed by atoms with Crippen LogP contribution in [0.2, 0.25) is 0 Å². The first-order valence-electron chi connectivity index (χ1n) is 8.12. The van der Waals surface area contributed by atoms with Crippen molar-refractivity contribution >= 4 is 41.8 Å². The fraction of sp³-hybridized carbons (Fsp3) is 0.529. The molecule has 1 aromatic carbocycles. The van der Waals surface area contributed by atoms with Crippen molar-refractivity contribution in [2.75, 3.05) is 6.54 Å². The van der Waals surface area contributed by atoms with Crippen LogP contribution >= 0.6 is 24.8 Å². The van der Waals surface area contributed by atoms with Gasteiger partial charge in [0.2, 0.25) is 5.91 Å². The number of piperidine rings is 1. The summed E-state index contributed by atoms with van der Waals surface area (Å²) in [6, 6.07) is 8.24. The minimum Gasteiger partial charge on any atom is -0.338 e. The molecule has 2 aromatic rings. The summed E-state index contributed by atoms with van der Waals surface area (Å²) in [4.78, 5) is 18.9. The lowest BCUT2D eigenvalue weighted by Gasteiger charge is -2.38. The van der Waals surface area contributed by atoms with Gasteiger partial charge in [0, 0.05) is 31.6 Å². The number of nitrogens with two attached hydrogens (primary N) is 1. The van der Waals surface area contributed by atoms with E-state index in [2.05, 4.69) is 9.55 Å². The van der Waals surface area contributed by atoms with Crippen LogP contribution in [0.3, 0.4) is 0 Å². The number of imidazole rings is 1. The van der Waals surface area contributed by atoms with Gasteiger partial charge in [-0.1, -0.05) is 12.1 Å². The summed E-state index contributed by atoms with van der Waals surface area (Å²) in [5.74, 6) is 0.208. The maximum atomic E-state index is 12.6. The Bertz CT molecular complexity index is 659. The van der Waals surface area contributed by atoms with E-state index >= 15 is 0 Å². The summed E-state index contributed by atoms with van der Waals surface area (Å²) >= 11 is 0. The molecule has 134 valence electrons. The Morgan fingerprint density at radius 1 is 1.33 bits per heavy atom. The van der Waals surface area contributed by atoms with Gasteiger partial charge in [0.15, 0.2) is 0 Å². The Kier molecular flexibility index (Phi) is 8.00. The summed E-state index contributed by atoms with van der Waals surface area (Å²) in [5, 5.41) is 0. The molecule has 1 aliphatic rings. The van der Waals surface area contributed by atoms with E-state index in [9.17, 15) is 4.79 Å². The summed E-state index contributed by atoms with van der Waals surface area (Å²) in [7, 11) is 0. The molecular formula is C17H26Cl2N4O. The molecule has 0 radical (unpaired) electrons. The number of carbonyl (C=O) groups is 1. The highest BCUT2D eigenvalue weighted by Crippen LogP contribution is 2.20. The van der Waals surface area contributed by atoms with Crippen LogP contribution in [0.5, 0.6) is 0 Å². The van der Waals surface area contributed by atoms with Crippen LogP contribution in [0.1, 0.15) is 32.6 Å². The number of rotatable bonds is 4. The third-order valence-corrected chi connectivity index (χ3v) is 4.57. The number of hydrogen-bond donors (Lipinski definition) is 1. The van der Waals surface area contributed by atoms with Crippen LogP contribution in [0.25, 0.3) is 11.0 Å². The average molecular weight is 373 g/mol. The molecule has 1 aliphatic heterocycles. The maximum Gasteiger partial charge on any atom is 0.224 e. The lowest BCUT2D eigenvalue weighted by atomic mass is 9.96. The van der Waals surface area contributed by atoms with E-state index in [0.29, 0.717) is 13.0 Å². The SMILES string of the molecule is CC(N)C1CCCCN1C(=O)CCn1cnc2ccccc21.Cl.Cl. The van der Waals surface area contributed by atoms with E-state index in [1.54, 1.807) is 0 Å². The standard InChI is InChI=1S/C17H24N4O.2ClH/c1-13(18)15-7-4-5-10-21(15)17(22)9-11-20-12-19-14-6-2-3-8-16(14)20;;/h2-3,6,8,12-13,15H,4-5,7,9-11,18H2,1H3;2*1H. The number of halogens is 2. The van der Waals surface area contributed by atoms with E-state index in [0.717, 1.165) is 30.4 Å². The van der Waals surface area contributed by atoms with Gasteiger partial charge in [-0.25, -0.2) is 4.98 Å². The smallest absolute Gasteiger partial charge is 0.224 e. The summed E-state index contributed by atoms with van der Waals surface area (Å²) in [6.07, 6.45) is 5.60. The minimum absolute atomic E-state index is 0. The van der Waals surface area contributed by atoms with Crippen LogP contribution in [0, 0.1) is 0 Å². The van der Waals surface area contributed by atoms with Gasteiger partial charge in [-0.15, -0.1) is 24.8 Å². The number of aromatic nitrogens is 2. The second-order valence-electron chi connectivity index (χ2n) is 6.19. The predicted octanol–water partition coefficient (Wildman–Crippen LogP) is 3.00. The van der Waals surface area contributed by atoms with Gasteiger partial charge in [0.05, 0.1) is 17.4 Å². The molecule has 2 unspecified atom stereocenters. The number of para-hydroxylation sites is 2. The van der Waals surface area contributed by atoms with Gasteiger partial charge < -0.3 is 15.2 Å². The topological polar surface area (TPSA) is 64.2 Å². The van der Waals surface area contributed by atoms with E-state index in [4.69, 9.17) is 5.73 Å². The molecule has 0 spiro atoms. The Balaban J connectivity index is 0.00000144. The second-order valence-corrected chi connectivity index (χ2v) is 6.19. The molecule has 7 heteroatoms. The number of amides is 1. The highest BCUT2D eigenvalue weighted by molar-refractivity contribution is 5.85. The second kappa shape index (κ2) is 9.25. The highest BCUT2D eigenvalue weighted by Gasteiger charge is 2.28. The fourth-order valence-corrected chi connectivity index (χ4v) is 3.36. The van der Waals surface area contributed by atoms with Gasteiger partial charge in [0.1, 0.15) is 0 Å². The first-order valence-corrected chi connectivity index (χ1v) is 8.12. The monoisotopic (exact) mass is 372 g/mol. The molecule has 2 heterocycles. The van der Waals surface area contributed by atoms with Crippen molar-refractivity contribution in [1.29, 1.82) is 0 Å². The zero-order valence-corrected chi connectivity index (χ0v) is 15.6. The van der Waals surface area contributed by atoms with E-state index < -0.39 is 0 Å². The summed E-state index contributed by atoms with van der Waals surface area (Å²) in [6.45, 7) is 3.51. The number of benzene rings is 1. The maximum absolute atomic E-state index is 12.6. The third kappa shape index (κ3) is 4.41. The van der Waals surface area contributed by atoms with Crippen molar-refractivity contribution in [3.8, 4) is 0 Å². The van der Waals surface area contributed by atoms with Crippen molar-refractivity contribution in [3.05, 3.63) is 30.6 Å². The normalized spacial score (nSPS) is 18.6. The molecule has 0 saturated carbocycles. The lowest BCUT2D eigenvalue weighted by Crippen LogP contribution is -2.51. The van der Waals surface area contributed by atoms with Gasteiger partial charge in [-0.2, -0.15) is 0 Å². The first-order chi connectivity index (χ1) is 10.7. The number of aryl methyl sites for hydroxylation is 1. The van der Waals surface area contributed by atoms with E-state index in [-0.39, 0.29) is 42.8 Å². The van der Waals surface area contributed by atoms with Gasteiger partial charge in [-0.05, 0) is 38.3 Å².